The lowest BCUT2D eigenvalue weighted by Crippen LogP contribution is -2.48. The van der Waals surface area contributed by atoms with Gasteiger partial charge in [0, 0.05) is 39.3 Å². The molecule has 0 atom stereocenters. The van der Waals surface area contributed by atoms with Gasteiger partial charge >= 0.3 is 0 Å². The number of nitrogens with two attached hydrogens (primary N) is 1. The molecule has 7 heteroatoms. The normalized spacial score (nSPS) is 18.1. The molecule has 0 aliphatic carbocycles. The van der Waals surface area contributed by atoms with E-state index in [2.05, 4.69) is 26.8 Å². The lowest BCUT2D eigenvalue weighted by molar-refractivity contribution is 0.136. The number of hydrogen-bond acceptors (Lipinski definition) is 5. The fourth-order valence-corrected chi connectivity index (χ4v) is 2.38. The summed E-state index contributed by atoms with van der Waals surface area (Å²) in [6, 6.07) is 0. The molecule has 2 N–H and O–H groups in total. The first-order valence-electron chi connectivity index (χ1n) is 6.28. The van der Waals surface area contributed by atoms with Gasteiger partial charge in [-0.3, -0.25) is 9.80 Å². The zero-order valence-corrected chi connectivity index (χ0v) is 11.6. The van der Waals surface area contributed by atoms with E-state index in [0.29, 0.717) is 4.99 Å². The Hall–Kier alpha value is -1.05. The second-order valence-electron chi connectivity index (χ2n) is 4.51. The number of rotatable bonds is 5. The highest BCUT2D eigenvalue weighted by Gasteiger charge is 2.18. The molecule has 2 heterocycles. The molecule has 0 amide bonds. The number of aryl methyl sites for hydroxylation is 1. The van der Waals surface area contributed by atoms with Gasteiger partial charge in [-0.05, 0) is 6.92 Å². The average Bonchev–Trinajstić information content (AvgIpc) is 2.78. The van der Waals surface area contributed by atoms with Crippen LogP contribution in [0.1, 0.15) is 12.7 Å². The Morgan fingerprint density at radius 2 is 2.00 bits per heavy atom. The summed E-state index contributed by atoms with van der Waals surface area (Å²) in [7, 11) is 0. The Balaban J connectivity index is 1.81. The van der Waals surface area contributed by atoms with Crippen LogP contribution >= 0.6 is 12.2 Å². The minimum Gasteiger partial charge on any atom is -0.392 e. The summed E-state index contributed by atoms with van der Waals surface area (Å²) in [5, 5.41) is 4.19. The second-order valence-corrected chi connectivity index (χ2v) is 5.04. The molecule has 1 aliphatic rings. The maximum atomic E-state index is 5.56. The van der Waals surface area contributed by atoms with E-state index in [-0.39, 0.29) is 0 Å². The van der Waals surface area contributed by atoms with Gasteiger partial charge in [-0.1, -0.05) is 12.2 Å². The van der Waals surface area contributed by atoms with Gasteiger partial charge in [0.25, 0.3) is 0 Å². The van der Waals surface area contributed by atoms with Crippen molar-refractivity contribution >= 4 is 17.2 Å². The molecule has 6 nitrogen and oxygen atoms in total. The lowest BCUT2D eigenvalue weighted by Gasteiger charge is -2.34. The van der Waals surface area contributed by atoms with Gasteiger partial charge in [0.15, 0.2) is 0 Å². The van der Waals surface area contributed by atoms with Crippen LogP contribution in [0.15, 0.2) is 6.33 Å². The molecule has 1 aliphatic heterocycles. The van der Waals surface area contributed by atoms with Crippen LogP contribution in [0.2, 0.25) is 0 Å². The molecule has 0 spiro atoms. The predicted molar refractivity (Wildman–Crippen MR) is 74.2 cm³/mol. The fraction of sp³-hybridized carbons (Fsp3) is 0.727. The highest BCUT2D eigenvalue weighted by molar-refractivity contribution is 7.80. The minimum absolute atomic E-state index is 0.578. The highest BCUT2D eigenvalue weighted by Crippen LogP contribution is 2.06. The van der Waals surface area contributed by atoms with Crippen LogP contribution in [0.25, 0.3) is 0 Å². The van der Waals surface area contributed by atoms with Crippen molar-refractivity contribution in [3.63, 3.8) is 0 Å². The molecule has 0 saturated carbocycles. The van der Waals surface area contributed by atoms with E-state index in [1.807, 2.05) is 4.68 Å². The maximum absolute atomic E-state index is 5.56. The van der Waals surface area contributed by atoms with Gasteiger partial charge in [-0.2, -0.15) is 5.10 Å². The van der Waals surface area contributed by atoms with E-state index in [9.17, 15) is 0 Å². The van der Waals surface area contributed by atoms with Crippen LogP contribution in [0.3, 0.4) is 0 Å². The fourth-order valence-electron chi connectivity index (χ4n) is 2.20. The third-order valence-electron chi connectivity index (χ3n) is 3.20. The van der Waals surface area contributed by atoms with Crippen LogP contribution in [0.4, 0.5) is 0 Å². The summed E-state index contributed by atoms with van der Waals surface area (Å²) in [6.07, 6.45) is 1.63. The van der Waals surface area contributed by atoms with E-state index in [4.69, 9.17) is 18.0 Å². The standard InChI is InChI=1S/C11H20N6S/c1-2-17-11(13-9-14-17)8-16-5-3-15(4-6-16)7-10(12)18/h9H,2-8H2,1H3,(H2,12,18). The Morgan fingerprint density at radius 3 is 2.61 bits per heavy atom. The van der Waals surface area contributed by atoms with Crippen molar-refractivity contribution in [3.8, 4) is 0 Å². The molecule has 0 bridgehead atoms. The molecular formula is C11H20N6S. The van der Waals surface area contributed by atoms with Crippen molar-refractivity contribution in [3.05, 3.63) is 12.2 Å². The molecule has 100 valence electrons. The third kappa shape index (κ3) is 3.47. The van der Waals surface area contributed by atoms with Gasteiger partial charge in [0.05, 0.1) is 11.5 Å². The van der Waals surface area contributed by atoms with Gasteiger partial charge in [-0.15, -0.1) is 0 Å². The third-order valence-corrected chi connectivity index (χ3v) is 3.33. The Kier molecular flexibility index (Phi) is 4.62. The van der Waals surface area contributed by atoms with Crippen molar-refractivity contribution < 1.29 is 0 Å². The molecule has 0 unspecified atom stereocenters. The molecular weight excluding hydrogens is 248 g/mol. The summed E-state index contributed by atoms with van der Waals surface area (Å²) in [6.45, 7) is 8.63. The van der Waals surface area contributed by atoms with Crippen LogP contribution < -0.4 is 5.73 Å². The largest absolute Gasteiger partial charge is 0.392 e. The quantitative estimate of drug-likeness (QED) is 0.740. The number of aromatic nitrogens is 3. The van der Waals surface area contributed by atoms with E-state index in [1.165, 1.54) is 0 Å². The first-order valence-corrected chi connectivity index (χ1v) is 6.69. The SMILES string of the molecule is CCn1ncnc1CN1CCN(CC(N)=S)CC1. The van der Waals surface area contributed by atoms with E-state index in [0.717, 1.165) is 51.6 Å². The summed E-state index contributed by atoms with van der Waals surface area (Å²) < 4.78 is 1.95. The number of nitrogens with zero attached hydrogens (tertiary/aromatic N) is 5. The van der Waals surface area contributed by atoms with Crippen molar-refractivity contribution in [2.24, 2.45) is 5.73 Å². The topological polar surface area (TPSA) is 63.2 Å². The first kappa shape index (κ1) is 13.4. The molecule has 1 fully saturated rings. The van der Waals surface area contributed by atoms with Gasteiger partial charge in [0.2, 0.25) is 0 Å². The Labute approximate surface area is 113 Å². The highest BCUT2D eigenvalue weighted by atomic mass is 32.1. The second kappa shape index (κ2) is 6.21. The molecule has 1 aromatic heterocycles. The predicted octanol–water partition coefficient (Wildman–Crippen LogP) is -0.298. The molecule has 0 aromatic carbocycles. The summed E-state index contributed by atoms with van der Waals surface area (Å²) in [4.78, 5) is 9.57. The number of piperazine rings is 1. The van der Waals surface area contributed by atoms with E-state index >= 15 is 0 Å². The summed E-state index contributed by atoms with van der Waals surface area (Å²) in [5.74, 6) is 1.04. The van der Waals surface area contributed by atoms with E-state index in [1.54, 1.807) is 6.33 Å². The molecule has 1 aromatic rings. The lowest BCUT2D eigenvalue weighted by atomic mass is 10.3. The molecule has 18 heavy (non-hydrogen) atoms. The zero-order chi connectivity index (χ0) is 13.0. The molecule has 0 radical (unpaired) electrons. The zero-order valence-electron chi connectivity index (χ0n) is 10.7. The number of hydrogen-bond donors (Lipinski definition) is 1. The smallest absolute Gasteiger partial charge is 0.140 e. The van der Waals surface area contributed by atoms with E-state index < -0.39 is 0 Å². The van der Waals surface area contributed by atoms with Crippen LogP contribution in [-0.4, -0.2) is 62.3 Å². The number of thiocarbonyl (C=S) groups is 1. The maximum Gasteiger partial charge on any atom is 0.140 e. The Morgan fingerprint density at radius 1 is 1.33 bits per heavy atom. The minimum atomic E-state index is 0.578. The van der Waals surface area contributed by atoms with Gasteiger partial charge in [-0.25, -0.2) is 9.67 Å². The van der Waals surface area contributed by atoms with Crippen molar-refractivity contribution in [1.82, 2.24) is 24.6 Å². The van der Waals surface area contributed by atoms with Crippen molar-refractivity contribution in [2.45, 2.75) is 20.0 Å². The van der Waals surface area contributed by atoms with Crippen LogP contribution in [0, 0.1) is 0 Å². The van der Waals surface area contributed by atoms with Crippen LogP contribution in [0.5, 0.6) is 0 Å². The van der Waals surface area contributed by atoms with Gasteiger partial charge < -0.3 is 5.73 Å². The molecule has 1 saturated heterocycles. The summed E-state index contributed by atoms with van der Waals surface area (Å²) in [5.41, 5.74) is 5.56. The first-order chi connectivity index (χ1) is 8.69. The van der Waals surface area contributed by atoms with Crippen LogP contribution in [-0.2, 0) is 13.1 Å². The monoisotopic (exact) mass is 268 g/mol. The van der Waals surface area contributed by atoms with Crippen molar-refractivity contribution in [1.29, 1.82) is 0 Å². The van der Waals surface area contributed by atoms with Gasteiger partial charge in [0.1, 0.15) is 12.2 Å². The summed E-state index contributed by atoms with van der Waals surface area (Å²) >= 11 is 4.93. The average molecular weight is 268 g/mol. The van der Waals surface area contributed by atoms with Crippen molar-refractivity contribution in [2.75, 3.05) is 32.7 Å². The molecule has 2 rings (SSSR count). The Bertz CT molecular complexity index is 396.